The maximum absolute atomic E-state index is 4.34. The molecule has 0 saturated carbocycles. The van der Waals surface area contributed by atoms with Crippen molar-refractivity contribution >= 4 is 5.71 Å². The van der Waals surface area contributed by atoms with Crippen LogP contribution in [0.15, 0.2) is 53.1 Å². The summed E-state index contributed by atoms with van der Waals surface area (Å²) < 4.78 is 0. The first-order chi connectivity index (χ1) is 7.56. The first-order valence-corrected chi connectivity index (χ1v) is 5.43. The highest BCUT2D eigenvalue weighted by Gasteiger charge is 2.07. The Balaban J connectivity index is 3.16. The summed E-state index contributed by atoms with van der Waals surface area (Å²) >= 11 is 0. The van der Waals surface area contributed by atoms with Crippen LogP contribution in [0, 0.1) is 6.92 Å². The topological polar surface area (TPSA) is 12.4 Å². The average Bonchev–Trinajstić information content (AvgIpc) is 2.20. The summed E-state index contributed by atoms with van der Waals surface area (Å²) in [5.41, 5.74) is 5.56. The van der Waals surface area contributed by atoms with Gasteiger partial charge in [0.1, 0.15) is 0 Å². The van der Waals surface area contributed by atoms with Gasteiger partial charge in [-0.25, -0.2) is 0 Å². The van der Waals surface area contributed by atoms with Crippen LogP contribution in [0.5, 0.6) is 0 Å². The molecule has 0 aliphatic carbocycles. The lowest BCUT2D eigenvalue weighted by molar-refractivity contribution is 1.35. The standard InChI is InChI=1S/C15H19N/c1-11(2)10-13(4)15(16-5)14-9-7-6-8-12(14)3/h6-10H,4H2,1-3,5H3. The lowest BCUT2D eigenvalue weighted by Crippen LogP contribution is -2.05. The van der Waals surface area contributed by atoms with E-state index in [1.165, 1.54) is 11.1 Å². The predicted octanol–water partition coefficient (Wildman–Crippen LogP) is 3.94. The molecule has 0 aromatic heterocycles. The fourth-order valence-electron chi connectivity index (χ4n) is 1.69. The molecule has 1 aromatic rings. The maximum atomic E-state index is 4.34. The van der Waals surface area contributed by atoms with Crippen molar-refractivity contribution in [2.75, 3.05) is 7.05 Å². The lowest BCUT2D eigenvalue weighted by Gasteiger charge is -2.09. The molecule has 1 aromatic carbocycles. The third-order valence-corrected chi connectivity index (χ3v) is 2.39. The quantitative estimate of drug-likeness (QED) is 0.533. The Labute approximate surface area is 98.2 Å². The monoisotopic (exact) mass is 213 g/mol. The molecule has 0 heterocycles. The third-order valence-electron chi connectivity index (χ3n) is 2.39. The van der Waals surface area contributed by atoms with Gasteiger partial charge in [-0.1, -0.05) is 42.5 Å². The molecule has 0 saturated heterocycles. The van der Waals surface area contributed by atoms with Crippen molar-refractivity contribution < 1.29 is 0 Å². The SMILES string of the molecule is C=C(C=C(C)C)C(=NC)c1ccccc1C. The van der Waals surface area contributed by atoms with E-state index in [9.17, 15) is 0 Å². The van der Waals surface area contributed by atoms with Crippen LogP contribution in [-0.4, -0.2) is 12.8 Å². The molecule has 0 aliphatic heterocycles. The Morgan fingerprint density at radius 2 is 1.88 bits per heavy atom. The highest BCUT2D eigenvalue weighted by molar-refractivity contribution is 6.14. The minimum atomic E-state index is 0.969. The second-order valence-corrected chi connectivity index (χ2v) is 4.13. The van der Waals surface area contributed by atoms with Crippen LogP contribution in [-0.2, 0) is 0 Å². The maximum Gasteiger partial charge on any atom is 0.0712 e. The van der Waals surface area contributed by atoms with Crippen molar-refractivity contribution in [3.8, 4) is 0 Å². The summed E-state index contributed by atoms with van der Waals surface area (Å²) in [7, 11) is 1.81. The van der Waals surface area contributed by atoms with Gasteiger partial charge in [0.25, 0.3) is 0 Å². The normalized spacial score (nSPS) is 11.1. The Morgan fingerprint density at radius 1 is 1.25 bits per heavy atom. The lowest BCUT2D eigenvalue weighted by atomic mass is 9.98. The number of nitrogens with zero attached hydrogens (tertiary/aromatic N) is 1. The average molecular weight is 213 g/mol. The molecular formula is C15H19N. The molecule has 1 heteroatoms. The number of allylic oxidation sites excluding steroid dienone is 3. The van der Waals surface area contributed by atoms with Crippen molar-refractivity contribution in [3.05, 3.63) is 59.2 Å². The van der Waals surface area contributed by atoms with Crippen molar-refractivity contribution in [2.45, 2.75) is 20.8 Å². The van der Waals surface area contributed by atoms with Crippen LogP contribution < -0.4 is 0 Å². The van der Waals surface area contributed by atoms with Crippen molar-refractivity contribution in [3.63, 3.8) is 0 Å². The van der Waals surface area contributed by atoms with Gasteiger partial charge in [0.15, 0.2) is 0 Å². The van der Waals surface area contributed by atoms with E-state index in [0.717, 1.165) is 16.8 Å². The molecule has 0 unspecified atom stereocenters. The fourth-order valence-corrected chi connectivity index (χ4v) is 1.69. The van der Waals surface area contributed by atoms with Gasteiger partial charge in [0, 0.05) is 12.6 Å². The highest BCUT2D eigenvalue weighted by Crippen LogP contribution is 2.15. The van der Waals surface area contributed by atoms with Gasteiger partial charge in [-0.3, -0.25) is 4.99 Å². The molecule has 84 valence electrons. The number of hydrogen-bond donors (Lipinski definition) is 0. The van der Waals surface area contributed by atoms with E-state index in [1.54, 1.807) is 0 Å². The molecule has 1 rings (SSSR count). The summed E-state index contributed by atoms with van der Waals surface area (Å²) in [5.74, 6) is 0. The molecule has 0 N–H and O–H groups in total. The molecule has 0 amide bonds. The summed E-state index contributed by atoms with van der Waals surface area (Å²) in [5, 5.41) is 0. The second kappa shape index (κ2) is 5.45. The number of aryl methyl sites for hydroxylation is 1. The summed E-state index contributed by atoms with van der Waals surface area (Å²) in [6.45, 7) is 10.3. The Morgan fingerprint density at radius 3 is 2.38 bits per heavy atom. The van der Waals surface area contributed by atoms with E-state index < -0.39 is 0 Å². The largest absolute Gasteiger partial charge is 0.287 e. The van der Waals surface area contributed by atoms with Gasteiger partial charge >= 0.3 is 0 Å². The third kappa shape index (κ3) is 2.93. The van der Waals surface area contributed by atoms with Crippen molar-refractivity contribution in [1.82, 2.24) is 0 Å². The van der Waals surface area contributed by atoms with Crippen LogP contribution in [0.2, 0.25) is 0 Å². The van der Waals surface area contributed by atoms with Crippen LogP contribution in [0.3, 0.4) is 0 Å². The van der Waals surface area contributed by atoms with E-state index >= 15 is 0 Å². The smallest absolute Gasteiger partial charge is 0.0712 e. The van der Waals surface area contributed by atoms with E-state index in [0.29, 0.717) is 0 Å². The van der Waals surface area contributed by atoms with Gasteiger partial charge in [-0.05, 0) is 31.9 Å². The van der Waals surface area contributed by atoms with Gasteiger partial charge in [0.05, 0.1) is 5.71 Å². The Hall–Kier alpha value is -1.63. The molecule has 0 bridgehead atoms. The molecule has 0 spiro atoms. The molecule has 1 nitrogen and oxygen atoms in total. The predicted molar refractivity (Wildman–Crippen MR) is 72.2 cm³/mol. The molecule has 0 aliphatic rings. The Kier molecular flexibility index (Phi) is 4.24. The van der Waals surface area contributed by atoms with Crippen LogP contribution in [0.4, 0.5) is 0 Å². The first kappa shape index (κ1) is 12.4. The van der Waals surface area contributed by atoms with Crippen LogP contribution in [0.25, 0.3) is 0 Å². The summed E-state index contributed by atoms with van der Waals surface area (Å²) in [6.07, 6.45) is 2.06. The highest BCUT2D eigenvalue weighted by atomic mass is 14.7. The van der Waals surface area contributed by atoms with Gasteiger partial charge in [-0.15, -0.1) is 0 Å². The summed E-state index contributed by atoms with van der Waals surface area (Å²) in [4.78, 5) is 4.34. The molecule has 16 heavy (non-hydrogen) atoms. The zero-order valence-electron chi connectivity index (χ0n) is 10.5. The fraction of sp³-hybridized carbons (Fsp3) is 0.267. The van der Waals surface area contributed by atoms with Crippen LogP contribution >= 0.6 is 0 Å². The number of hydrogen-bond acceptors (Lipinski definition) is 1. The van der Waals surface area contributed by atoms with E-state index in [1.807, 2.05) is 19.2 Å². The number of benzene rings is 1. The van der Waals surface area contributed by atoms with Gasteiger partial charge in [-0.2, -0.15) is 0 Å². The molecule has 0 atom stereocenters. The van der Waals surface area contributed by atoms with E-state index in [4.69, 9.17) is 0 Å². The van der Waals surface area contributed by atoms with Crippen LogP contribution in [0.1, 0.15) is 25.0 Å². The van der Waals surface area contributed by atoms with E-state index in [2.05, 4.69) is 50.6 Å². The number of rotatable bonds is 3. The zero-order chi connectivity index (χ0) is 12.1. The molecule has 0 radical (unpaired) electrons. The van der Waals surface area contributed by atoms with Gasteiger partial charge < -0.3 is 0 Å². The molecular weight excluding hydrogens is 194 g/mol. The van der Waals surface area contributed by atoms with Crippen molar-refractivity contribution in [1.29, 1.82) is 0 Å². The summed E-state index contributed by atoms with van der Waals surface area (Å²) in [6, 6.07) is 8.25. The van der Waals surface area contributed by atoms with Crippen molar-refractivity contribution in [2.24, 2.45) is 4.99 Å². The van der Waals surface area contributed by atoms with E-state index in [-0.39, 0.29) is 0 Å². The first-order valence-electron chi connectivity index (χ1n) is 5.43. The number of aliphatic imine (C=N–C) groups is 1. The minimum Gasteiger partial charge on any atom is -0.287 e. The minimum absolute atomic E-state index is 0.969. The Bertz CT molecular complexity index is 446. The molecule has 0 fully saturated rings. The second-order valence-electron chi connectivity index (χ2n) is 4.13. The zero-order valence-corrected chi connectivity index (χ0v) is 10.5. The van der Waals surface area contributed by atoms with Gasteiger partial charge in [0.2, 0.25) is 0 Å².